The van der Waals surface area contributed by atoms with Gasteiger partial charge in [0.2, 0.25) is 6.20 Å². The number of hydrogen-bond acceptors (Lipinski definition) is 4. The van der Waals surface area contributed by atoms with E-state index < -0.39 is 4.92 Å². The molecule has 2 rings (SSSR count). The van der Waals surface area contributed by atoms with Crippen LogP contribution >= 0.6 is 0 Å². The summed E-state index contributed by atoms with van der Waals surface area (Å²) < 4.78 is 6.57. The van der Waals surface area contributed by atoms with Crippen molar-refractivity contribution in [3.63, 3.8) is 0 Å². The molecule has 0 aliphatic carbocycles. The number of nitro groups is 1. The van der Waals surface area contributed by atoms with Gasteiger partial charge in [-0.2, -0.15) is 0 Å². The average Bonchev–Trinajstić information content (AvgIpc) is 2.77. The van der Waals surface area contributed by atoms with Crippen molar-refractivity contribution in [2.24, 2.45) is 17.8 Å². The Morgan fingerprint density at radius 1 is 1.00 bits per heavy atom. The van der Waals surface area contributed by atoms with Gasteiger partial charge in [-0.3, -0.25) is 10.1 Å². The molecule has 0 aromatic heterocycles. The Labute approximate surface area is 213 Å². The number of benzene rings is 1. The summed E-state index contributed by atoms with van der Waals surface area (Å²) in [7, 11) is 0. The summed E-state index contributed by atoms with van der Waals surface area (Å²) in [6, 6.07) is 0. The lowest BCUT2D eigenvalue weighted by molar-refractivity contribution is -0.400. The van der Waals surface area contributed by atoms with Gasteiger partial charge in [-0.1, -0.05) is 72.6 Å². The van der Waals surface area contributed by atoms with Gasteiger partial charge in [-0.15, -0.1) is 0 Å². The predicted molar refractivity (Wildman–Crippen MR) is 146 cm³/mol. The lowest BCUT2D eigenvalue weighted by Gasteiger charge is -2.38. The van der Waals surface area contributed by atoms with Crippen LogP contribution in [0.3, 0.4) is 0 Å². The summed E-state index contributed by atoms with van der Waals surface area (Å²) in [5.41, 5.74) is 2.82. The molecule has 1 aromatic carbocycles. The van der Waals surface area contributed by atoms with Crippen LogP contribution in [-0.2, 0) is 6.42 Å². The fourth-order valence-electron chi connectivity index (χ4n) is 5.41. The fourth-order valence-corrected chi connectivity index (χ4v) is 5.41. The normalized spacial score (nSPS) is 19.5. The number of fused-ring (bicyclic) bond motifs is 1. The molecule has 3 atom stereocenters. The van der Waals surface area contributed by atoms with Gasteiger partial charge in [0.1, 0.15) is 17.1 Å². The number of rotatable bonds is 14. The third-order valence-corrected chi connectivity index (χ3v) is 8.00. The van der Waals surface area contributed by atoms with Gasteiger partial charge >= 0.3 is 0 Å². The molecule has 0 radical (unpaired) electrons. The van der Waals surface area contributed by atoms with Crippen molar-refractivity contribution in [1.82, 2.24) is 0 Å². The lowest BCUT2D eigenvalue weighted by atomic mass is 9.83. The van der Waals surface area contributed by atoms with E-state index in [-0.39, 0.29) is 11.4 Å². The number of nitrogens with zero attached hydrogens (tertiary/aromatic N) is 1. The maximum Gasteiger partial charge on any atom is 0.235 e. The van der Waals surface area contributed by atoms with E-state index in [1.54, 1.807) is 0 Å². The molecule has 5 heteroatoms. The Balaban J connectivity index is 1.87. The first-order valence-electron chi connectivity index (χ1n) is 13.8. The van der Waals surface area contributed by atoms with Gasteiger partial charge in [-0.05, 0) is 75.3 Å². The molecule has 1 N–H and O–H groups in total. The zero-order chi connectivity index (χ0) is 26.2. The number of ether oxygens (including phenoxy) is 1. The van der Waals surface area contributed by atoms with E-state index in [1.165, 1.54) is 51.0 Å². The third kappa shape index (κ3) is 8.84. The monoisotopic (exact) mass is 487 g/mol. The molecule has 0 amide bonds. The molecule has 1 unspecified atom stereocenters. The number of hydrogen-bond donors (Lipinski definition) is 1. The first-order valence-corrected chi connectivity index (χ1v) is 13.8. The standard InChI is InChI=1S/C30H49NO4/c1-21(2)11-8-12-22(3)13-9-14-23(4)15-10-18-30(7)19-16-27-26(17-20-31(33)34)28(32)24(5)25(6)29(27)35-30/h17,20-23,32H,8-16,18-19H2,1-7H3/b20-17+/t22-,23-,30?/m1/s1. The maximum absolute atomic E-state index is 10.8. The Hall–Kier alpha value is -2.04. The van der Waals surface area contributed by atoms with Gasteiger partial charge in [0.25, 0.3) is 0 Å². The first-order chi connectivity index (χ1) is 16.4. The number of aromatic hydroxyl groups is 1. The van der Waals surface area contributed by atoms with Crippen molar-refractivity contribution in [3.05, 3.63) is 38.6 Å². The van der Waals surface area contributed by atoms with Crippen molar-refractivity contribution < 1.29 is 14.8 Å². The largest absolute Gasteiger partial charge is 0.507 e. The quantitative estimate of drug-likeness (QED) is 0.210. The third-order valence-electron chi connectivity index (χ3n) is 8.00. The van der Waals surface area contributed by atoms with Crippen molar-refractivity contribution in [3.8, 4) is 11.5 Å². The summed E-state index contributed by atoms with van der Waals surface area (Å²) in [5.74, 6) is 3.31. The van der Waals surface area contributed by atoms with Crippen LogP contribution in [0.1, 0.15) is 121 Å². The predicted octanol–water partition coefficient (Wildman–Crippen LogP) is 8.78. The molecule has 1 aliphatic heterocycles. The molecule has 1 aliphatic rings. The van der Waals surface area contributed by atoms with Crippen LogP contribution in [0.25, 0.3) is 6.08 Å². The van der Waals surface area contributed by atoms with Crippen molar-refractivity contribution in [2.45, 2.75) is 125 Å². The summed E-state index contributed by atoms with van der Waals surface area (Å²) in [6.45, 7) is 15.4. The minimum Gasteiger partial charge on any atom is -0.507 e. The van der Waals surface area contributed by atoms with Crippen LogP contribution in [0.15, 0.2) is 6.20 Å². The Kier molecular flexibility index (Phi) is 11.1. The summed E-state index contributed by atoms with van der Waals surface area (Å²) in [6.07, 6.45) is 15.3. The van der Waals surface area contributed by atoms with Crippen LogP contribution in [0, 0.1) is 41.7 Å². The second-order valence-corrected chi connectivity index (χ2v) is 11.8. The smallest absolute Gasteiger partial charge is 0.235 e. The Morgan fingerprint density at radius 3 is 2.14 bits per heavy atom. The molecule has 0 spiro atoms. The number of phenolic OH excluding ortho intramolecular Hbond substituents is 1. The first kappa shape index (κ1) is 29.2. The zero-order valence-corrected chi connectivity index (χ0v) is 23.3. The molecule has 0 saturated heterocycles. The molecule has 1 heterocycles. The molecule has 0 saturated carbocycles. The van der Waals surface area contributed by atoms with E-state index in [4.69, 9.17) is 4.74 Å². The molecular formula is C30H49NO4. The molecule has 1 aromatic rings. The van der Waals surface area contributed by atoms with E-state index in [2.05, 4.69) is 34.6 Å². The van der Waals surface area contributed by atoms with Gasteiger partial charge in [-0.25, -0.2) is 0 Å². The van der Waals surface area contributed by atoms with Crippen LogP contribution in [0.5, 0.6) is 11.5 Å². The second kappa shape index (κ2) is 13.3. The second-order valence-electron chi connectivity index (χ2n) is 11.8. The van der Waals surface area contributed by atoms with E-state index in [9.17, 15) is 15.2 Å². The topological polar surface area (TPSA) is 72.6 Å². The molecule has 198 valence electrons. The molecule has 0 bridgehead atoms. The van der Waals surface area contributed by atoms with Gasteiger partial charge in [0, 0.05) is 17.2 Å². The van der Waals surface area contributed by atoms with Crippen molar-refractivity contribution >= 4 is 6.08 Å². The van der Waals surface area contributed by atoms with Crippen molar-refractivity contribution in [1.29, 1.82) is 0 Å². The number of phenols is 1. The highest BCUT2D eigenvalue weighted by Crippen LogP contribution is 2.45. The molecular weight excluding hydrogens is 438 g/mol. The zero-order valence-electron chi connectivity index (χ0n) is 23.3. The summed E-state index contributed by atoms with van der Waals surface area (Å²) >= 11 is 0. The van der Waals surface area contributed by atoms with Crippen LogP contribution in [-0.4, -0.2) is 15.6 Å². The minimum absolute atomic E-state index is 0.120. The highest BCUT2D eigenvalue weighted by molar-refractivity contribution is 5.69. The van der Waals surface area contributed by atoms with Gasteiger partial charge < -0.3 is 9.84 Å². The molecule has 0 fully saturated rings. The Morgan fingerprint density at radius 2 is 1.57 bits per heavy atom. The average molecular weight is 488 g/mol. The molecule has 35 heavy (non-hydrogen) atoms. The van der Waals surface area contributed by atoms with E-state index in [0.29, 0.717) is 5.56 Å². The van der Waals surface area contributed by atoms with Crippen LogP contribution < -0.4 is 4.74 Å². The highest BCUT2D eigenvalue weighted by atomic mass is 16.6. The maximum atomic E-state index is 10.8. The summed E-state index contributed by atoms with van der Waals surface area (Å²) in [5, 5.41) is 21.5. The highest BCUT2D eigenvalue weighted by Gasteiger charge is 2.34. The minimum atomic E-state index is -0.496. The van der Waals surface area contributed by atoms with Gasteiger partial charge in [0.05, 0.1) is 4.92 Å². The molecule has 5 nitrogen and oxygen atoms in total. The van der Waals surface area contributed by atoms with E-state index in [1.807, 2.05) is 13.8 Å². The van der Waals surface area contributed by atoms with E-state index >= 15 is 0 Å². The van der Waals surface area contributed by atoms with Crippen molar-refractivity contribution in [2.75, 3.05) is 0 Å². The van der Waals surface area contributed by atoms with Gasteiger partial charge in [0.15, 0.2) is 0 Å². The fraction of sp³-hybridized carbons (Fsp3) is 0.733. The SMILES string of the molecule is Cc1c(C)c2c(c(/C=C/[N+](=O)[O-])c1O)CCC(C)(CCC[C@H](C)CCC[C@H](C)CCCC(C)C)O2. The van der Waals surface area contributed by atoms with Crippen LogP contribution in [0.2, 0.25) is 0 Å². The van der Waals surface area contributed by atoms with E-state index in [0.717, 1.165) is 72.1 Å². The van der Waals surface area contributed by atoms with Crippen LogP contribution in [0.4, 0.5) is 0 Å². The lowest BCUT2D eigenvalue weighted by Crippen LogP contribution is -2.37. The Bertz CT molecular complexity index is 876. The summed E-state index contributed by atoms with van der Waals surface area (Å²) in [4.78, 5) is 10.4.